The average Bonchev–Trinajstić information content (AvgIpc) is 4.12. The number of hydrogen-bond donors (Lipinski definition) is 12. The van der Waals surface area contributed by atoms with Crippen LogP contribution >= 0.6 is 11.8 Å². The molecule has 0 radical (unpaired) electrons. The Morgan fingerprint density at radius 1 is 0.861 bits per heavy atom. The van der Waals surface area contributed by atoms with Gasteiger partial charge in [0.25, 0.3) is 5.91 Å². The summed E-state index contributed by atoms with van der Waals surface area (Å²) in [4.78, 5) is 168. The lowest BCUT2D eigenvalue weighted by atomic mass is 9.86. The third-order valence-electron chi connectivity index (χ3n) is 13.4. The van der Waals surface area contributed by atoms with E-state index in [1.54, 1.807) is 39.5 Å². The molecule has 3 aliphatic rings. The Morgan fingerprint density at radius 2 is 1.51 bits per heavy atom. The molecule has 4 heterocycles. The van der Waals surface area contributed by atoms with Crippen LogP contribution in [0.25, 0.3) is 10.9 Å². The number of ketones is 2. The van der Waals surface area contributed by atoms with Gasteiger partial charge in [-0.3, -0.25) is 62.1 Å². The molecule has 1 saturated heterocycles. The number of nitrogens with one attached hydrogen (secondary N) is 9. The second kappa shape index (κ2) is 27.0. The zero-order valence-electron chi connectivity index (χ0n) is 43.1. The molecule has 5 rings (SSSR count). The molecular formula is C49H60N10O18S2. The maximum absolute atomic E-state index is 14.8. The van der Waals surface area contributed by atoms with Crippen molar-refractivity contribution < 1.29 is 84.9 Å². The van der Waals surface area contributed by atoms with E-state index >= 15 is 0 Å². The number of carbonyl (C=O) groups excluding carboxylic acids is 11. The molecule has 0 saturated carbocycles. The van der Waals surface area contributed by atoms with Crippen LogP contribution in [0, 0.1) is 42.4 Å². The first kappa shape index (κ1) is 61.8. The van der Waals surface area contributed by atoms with Gasteiger partial charge >= 0.3 is 16.4 Å². The maximum Gasteiger partial charge on any atom is 0.446 e. The van der Waals surface area contributed by atoms with Crippen LogP contribution in [0.4, 0.5) is 5.69 Å². The van der Waals surface area contributed by atoms with Crippen LogP contribution in [0.15, 0.2) is 17.2 Å². The Hall–Kier alpha value is -8.06. The highest BCUT2D eigenvalue weighted by Gasteiger charge is 2.44. The molecule has 10 atom stereocenters. The number of nitrogens with zero attached hydrogens (tertiary/aromatic N) is 1. The van der Waals surface area contributed by atoms with Crippen LogP contribution in [0.3, 0.4) is 0 Å². The zero-order chi connectivity index (χ0) is 58.6. The molecule has 1 fully saturated rings. The number of hydrogen-bond acceptors (Lipinski definition) is 17. The molecule has 9 amide bonds. The first-order valence-electron chi connectivity index (χ1n) is 24.7. The normalized spacial score (nSPS) is 24.2. The Balaban J connectivity index is 1.81. The summed E-state index contributed by atoms with van der Waals surface area (Å²) < 4.78 is 39.3. The lowest BCUT2D eigenvalue weighted by Crippen LogP contribution is -2.59. The lowest BCUT2D eigenvalue weighted by molar-refractivity contribution is -0.146. The van der Waals surface area contributed by atoms with Crippen molar-refractivity contribution in [3.63, 3.8) is 0 Å². The standard InChI is InChI=1S/C49H60N10O18S2/c1-7-22(5)41-35(62)12-24-11-28-27-15-30(54-44(69)31(13-25(60)9-3)52-37(63)10-4)36(77-79(74,75)76)16-29(27)56-48(28)78-21-33(53-38(64)18-51-47(72)42(23(6)8-2)57-39(65)19-50-43(24)68)45(70)55-32(17-40(66)67)49(73)59-20-26(61)14-34(59)46(71)58-41/h3-4,15-16,22-24,26,31-34,41-42,56,61H,7-8,11-14,17-21H2,1-2,5-6H3,(H,50,68)(H,51,72)(H,52,63)(H,53,64)(H,54,69)(H,55,70)(H,57,65)(H,58,71)(H,66,67)(H,74,75,76)/t22-,23-,24+,26+,31?,32-,33-,34-,41-,42-/m0/s1. The van der Waals surface area contributed by atoms with Crippen molar-refractivity contribution in [2.45, 2.75) is 120 Å². The number of terminal acetylenes is 2. The van der Waals surface area contributed by atoms with Crippen molar-refractivity contribution in [2.24, 2.45) is 17.8 Å². The molecule has 0 aliphatic carbocycles. The monoisotopic (exact) mass is 1140 g/mol. The van der Waals surface area contributed by atoms with E-state index < -0.39 is 204 Å². The van der Waals surface area contributed by atoms with E-state index in [1.165, 1.54) is 0 Å². The predicted molar refractivity (Wildman–Crippen MR) is 277 cm³/mol. The summed E-state index contributed by atoms with van der Waals surface area (Å²) in [5.74, 6) is -13.3. The molecule has 79 heavy (non-hydrogen) atoms. The zero-order valence-corrected chi connectivity index (χ0v) is 44.7. The minimum atomic E-state index is -5.43. The third kappa shape index (κ3) is 16.5. The fraction of sp³-hybridized carbons (Fsp3) is 0.510. The largest absolute Gasteiger partial charge is 0.481 e. The fourth-order valence-corrected chi connectivity index (χ4v) is 10.4. The van der Waals surface area contributed by atoms with Crippen molar-refractivity contribution in [2.75, 3.05) is 30.7 Å². The number of carboxylic acid groups (broad SMARTS) is 1. The first-order valence-corrected chi connectivity index (χ1v) is 27.1. The molecule has 1 unspecified atom stereocenters. The average molecular weight is 1140 g/mol. The minimum Gasteiger partial charge on any atom is -0.481 e. The van der Waals surface area contributed by atoms with Gasteiger partial charge in [0, 0.05) is 48.9 Å². The van der Waals surface area contributed by atoms with Gasteiger partial charge in [0.1, 0.15) is 30.2 Å². The summed E-state index contributed by atoms with van der Waals surface area (Å²) in [7, 11) is -5.43. The van der Waals surface area contributed by atoms with Gasteiger partial charge < -0.3 is 66.8 Å². The van der Waals surface area contributed by atoms with E-state index in [0.29, 0.717) is 6.42 Å². The van der Waals surface area contributed by atoms with E-state index in [1.807, 2.05) is 0 Å². The van der Waals surface area contributed by atoms with Crippen molar-refractivity contribution in [1.29, 1.82) is 0 Å². The molecule has 0 spiro atoms. The number of aliphatic hydroxyl groups is 1. The number of aliphatic carboxylic acids is 1. The van der Waals surface area contributed by atoms with E-state index in [0.717, 1.165) is 28.8 Å². The number of anilines is 1. The molecule has 1 aromatic carbocycles. The molecular weight excluding hydrogens is 1080 g/mol. The number of aromatic amines is 1. The molecule has 2 bridgehead atoms. The van der Waals surface area contributed by atoms with Crippen LogP contribution < -0.4 is 46.7 Å². The topological polar surface area (TPSA) is 424 Å². The fourth-order valence-electron chi connectivity index (χ4n) is 8.89. The van der Waals surface area contributed by atoms with Gasteiger partial charge in [-0.15, -0.1) is 24.6 Å². The smallest absolute Gasteiger partial charge is 0.446 e. The molecule has 12 N–H and O–H groups in total. The third-order valence-corrected chi connectivity index (χ3v) is 14.9. The second-order valence-electron chi connectivity index (χ2n) is 19.1. The van der Waals surface area contributed by atoms with Crippen LogP contribution in [0.1, 0.15) is 71.8 Å². The second-order valence-corrected chi connectivity index (χ2v) is 21.1. The number of carbonyl (C=O) groups is 12. The van der Waals surface area contributed by atoms with Gasteiger partial charge in [0.2, 0.25) is 53.0 Å². The van der Waals surface area contributed by atoms with Crippen LogP contribution in [-0.4, -0.2) is 172 Å². The molecule has 3 aliphatic heterocycles. The summed E-state index contributed by atoms with van der Waals surface area (Å²) in [5, 5.41) is 40.0. The van der Waals surface area contributed by atoms with Crippen molar-refractivity contribution in [3.05, 3.63) is 17.7 Å². The Bertz CT molecular complexity index is 2980. The van der Waals surface area contributed by atoms with Crippen LogP contribution in [-0.2, 0) is 74.4 Å². The molecule has 2 aromatic rings. The van der Waals surface area contributed by atoms with Gasteiger partial charge in [0.05, 0.1) is 47.9 Å². The van der Waals surface area contributed by atoms with Crippen molar-refractivity contribution in [3.8, 4) is 30.4 Å². The lowest BCUT2D eigenvalue weighted by Gasteiger charge is -2.31. The number of Topliss-reactive ketones (excluding diaryl/α,β-unsaturated/α-hetero) is 2. The highest BCUT2D eigenvalue weighted by atomic mass is 32.3. The number of amides is 9. The quantitative estimate of drug-likeness (QED) is 0.0538. The highest BCUT2D eigenvalue weighted by Crippen LogP contribution is 2.39. The molecule has 30 heteroatoms. The number of benzene rings is 1. The summed E-state index contributed by atoms with van der Waals surface area (Å²) in [6, 6.07) is -7.71. The van der Waals surface area contributed by atoms with Gasteiger partial charge in [-0.1, -0.05) is 40.5 Å². The van der Waals surface area contributed by atoms with Crippen LogP contribution in [0.5, 0.6) is 5.75 Å². The van der Waals surface area contributed by atoms with E-state index in [9.17, 15) is 80.7 Å². The number of H-pyrrole nitrogens is 1. The maximum atomic E-state index is 14.8. The van der Waals surface area contributed by atoms with E-state index in [-0.39, 0.29) is 34.3 Å². The van der Waals surface area contributed by atoms with Crippen LogP contribution in [0.2, 0.25) is 0 Å². The number of aromatic nitrogens is 1. The van der Waals surface area contributed by atoms with E-state index in [2.05, 4.69) is 47.5 Å². The first-order chi connectivity index (χ1) is 37.2. The minimum absolute atomic E-state index is 0.0147. The van der Waals surface area contributed by atoms with Gasteiger partial charge in [-0.2, -0.15) is 8.42 Å². The summed E-state index contributed by atoms with van der Waals surface area (Å²) in [6.45, 7) is 4.55. The van der Waals surface area contributed by atoms with Gasteiger partial charge in [0.15, 0.2) is 11.5 Å². The van der Waals surface area contributed by atoms with Crippen molar-refractivity contribution in [1.82, 2.24) is 47.1 Å². The van der Waals surface area contributed by atoms with Gasteiger partial charge in [-0.05, 0) is 41.7 Å². The SMILES string of the molecule is C#CC(=O)CC(NC(=O)C#C)C(=O)Nc1cc2c3c([nH]c2cc1OS(=O)(=O)O)SC[C@@H]1NC(=O)CNC(=O)[C@H]([C@@H](C)CC)NC(=O)CNC(=O)[C@@H](CC(=O)[C@H]([C@@H](C)CC)NC(=O)[C@@H]2C[C@@H](O)CN2C(=O)[C@H](CC(=O)O)NC1=O)C3. The number of carboxylic acids is 1. The number of fused-ring (bicyclic) bond motifs is 5. The predicted octanol–water partition coefficient (Wildman–Crippen LogP) is -3.06. The van der Waals surface area contributed by atoms with Crippen molar-refractivity contribution >= 4 is 109 Å². The summed E-state index contributed by atoms with van der Waals surface area (Å²) in [5.41, 5.74) is -0.639. The summed E-state index contributed by atoms with van der Waals surface area (Å²) >= 11 is 0.730. The van der Waals surface area contributed by atoms with Gasteiger partial charge in [-0.25, -0.2) is 0 Å². The number of rotatable bonds is 13. The number of aliphatic hydroxyl groups excluding tert-OH is 1. The Kier molecular flexibility index (Phi) is 21.1. The Labute approximate surface area is 456 Å². The molecule has 426 valence electrons. The molecule has 28 nitrogen and oxygen atoms in total. The highest BCUT2D eigenvalue weighted by molar-refractivity contribution is 7.99. The molecule has 1 aromatic heterocycles. The summed E-state index contributed by atoms with van der Waals surface area (Å²) in [6.07, 6.45) is 6.10. The van der Waals surface area contributed by atoms with E-state index in [4.69, 9.17) is 17.0 Å². The Morgan fingerprint density at radius 3 is 2.13 bits per heavy atom. The number of thioether (sulfide) groups is 1.